The number of piperidine rings is 1. The molecule has 2 aliphatic rings. The lowest BCUT2D eigenvalue weighted by molar-refractivity contribution is -0.137. The van der Waals surface area contributed by atoms with Crippen LogP contribution in [0.5, 0.6) is 0 Å². The molecule has 2 fully saturated rings. The van der Waals surface area contributed by atoms with Crippen LogP contribution in [-0.4, -0.2) is 50.4 Å². The Labute approximate surface area is 128 Å². The van der Waals surface area contributed by atoms with Crippen molar-refractivity contribution >= 4 is 13.3 Å². The van der Waals surface area contributed by atoms with Gasteiger partial charge in [0.2, 0.25) is 0 Å². The van der Waals surface area contributed by atoms with Gasteiger partial charge in [-0.25, -0.2) is 0 Å². The van der Waals surface area contributed by atoms with Gasteiger partial charge in [0.05, 0.1) is 26.9 Å². The molecule has 4 heteroatoms. The average molecular weight is 305 g/mol. The number of hydrogen-bond donors (Lipinski definition) is 1. The molecule has 0 aromatic heterocycles. The average Bonchev–Trinajstić information content (AvgIpc) is 2.40. The van der Waals surface area contributed by atoms with E-state index in [1.807, 2.05) is 0 Å². The molecule has 2 saturated heterocycles. The third kappa shape index (κ3) is 2.82. The Kier molecular flexibility index (Phi) is 3.77. The second kappa shape index (κ2) is 5.20. The van der Waals surface area contributed by atoms with Crippen molar-refractivity contribution in [1.29, 1.82) is 0 Å². The molecule has 0 saturated carbocycles. The molecule has 0 amide bonds. The summed E-state index contributed by atoms with van der Waals surface area (Å²) in [6.45, 7) is 8.54. The molecule has 2 aliphatic heterocycles. The van der Waals surface area contributed by atoms with Crippen LogP contribution in [0.4, 0.5) is 0 Å². The normalized spacial score (nSPS) is 34.0. The number of hydrogen-bond acceptors (Lipinski definition) is 3. The molecule has 1 N–H and O–H groups in total. The standard InChI is InChI=1S/C17H27NO2Si/c1-18-14-9-17(19,10-15(18)12-20-11-14)13-5-7-16(8-6-13)21(2,3)4/h5-8,14-15,19H,9-12H2,1-4H3. The van der Waals surface area contributed by atoms with Crippen LogP contribution < -0.4 is 5.19 Å². The molecule has 116 valence electrons. The number of morpholine rings is 1. The molecule has 2 heterocycles. The first-order valence-electron chi connectivity index (χ1n) is 7.93. The van der Waals surface area contributed by atoms with E-state index in [4.69, 9.17) is 4.74 Å². The zero-order valence-corrected chi connectivity index (χ0v) is 14.6. The third-order valence-electron chi connectivity index (χ3n) is 5.21. The van der Waals surface area contributed by atoms with E-state index in [0.29, 0.717) is 12.1 Å². The number of rotatable bonds is 2. The maximum atomic E-state index is 11.2. The van der Waals surface area contributed by atoms with Gasteiger partial charge in [-0.1, -0.05) is 49.1 Å². The Bertz CT molecular complexity index is 495. The molecule has 2 unspecified atom stereocenters. The van der Waals surface area contributed by atoms with Crippen LogP contribution in [0.25, 0.3) is 0 Å². The fraction of sp³-hybridized carbons (Fsp3) is 0.647. The third-order valence-corrected chi connectivity index (χ3v) is 7.27. The first-order valence-corrected chi connectivity index (χ1v) is 11.4. The van der Waals surface area contributed by atoms with Crippen LogP contribution in [0.2, 0.25) is 19.6 Å². The quantitative estimate of drug-likeness (QED) is 0.847. The molecule has 3 nitrogen and oxygen atoms in total. The molecule has 21 heavy (non-hydrogen) atoms. The molecule has 0 radical (unpaired) electrons. The van der Waals surface area contributed by atoms with E-state index < -0.39 is 13.7 Å². The number of nitrogens with zero attached hydrogens (tertiary/aromatic N) is 1. The molecule has 2 atom stereocenters. The van der Waals surface area contributed by atoms with Crippen molar-refractivity contribution in [2.75, 3.05) is 20.3 Å². The van der Waals surface area contributed by atoms with Crippen molar-refractivity contribution in [2.24, 2.45) is 0 Å². The Morgan fingerprint density at radius 1 is 1.10 bits per heavy atom. The Hall–Kier alpha value is -0.683. The molecule has 0 spiro atoms. The van der Waals surface area contributed by atoms with Crippen molar-refractivity contribution in [3.63, 3.8) is 0 Å². The largest absolute Gasteiger partial charge is 0.385 e. The van der Waals surface area contributed by atoms with E-state index in [9.17, 15) is 5.11 Å². The Morgan fingerprint density at radius 2 is 1.62 bits per heavy atom. The van der Waals surface area contributed by atoms with Crippen LogP contribution in [0.3, 0.4) is 0 Å². The van der Waals surface area contributed by atoms with Gasteiger partial charge in [0.15, 0.2) is 0 Å². The highest BCUT2D eigenvalue weighted by molar-refractivity contribution is 6.88. The first kappa shape index (κ1) is 15.2. The second-order valence-electron chi connectivity index (χ2n) is 7.78. The van der Waals surface area contributed by atoms with E-state index >= 15 is 0 Å². The SMILES string of the molecule is CN1C2COCC1CC(O)(c1ccc([Si](C)(C)C)cc1)C2. The van der Waals surface area contributed by atoms with Crippen molar-refractivity contribution in [3.8, 4) is 0 Å². The smallest absolute Gasteiger partial charge is 0.0928 e. The monoisotopic (exact) mass is 305 g/mol. The van der Waals surface area contributed by atoms with Crippen molar-refractivity contribution in [1.82, 2.24) is 4.90 Å². The topological polar surface area (TPSA) is 32.7 Å². The van der Waals surface area contributed by atoms with E-state index in [1.165, 1.54) is 5.19 Å². The van der Waals surface area contributed by atoms with Gasteiger partial charge < -0.3 is 9.84 Å². The zero-order chi connectivity index (χ0) is 15.3. The Morgan fingerprint density at radius 3 is 2.10 bits per heavy atom. The molecule has 1 aromatic rings. The van der Waals surface area contributed by atoms with Crippen molar-refractivity contribution in [3.05, 3.63) is 29.8 Å². The summed E-state index contributed by atoms with van der Waals surface area (Å²) < 4.78 is 5.65. The van der Waals surface area contributed by atoms with Crippen molar-refractivity contribution < 1.29 is 9.84 Å². The fourth-order valence-electron chi connectivity index (χ4n) is 3.66. The van der Waals surface area contributed by atoms with Crippen LogP contribution in [-0.2, 0) is 10.3 Å². The minimum Gasteiger partial charge on any atom is -0.385 e. The lowest BCUT2D eigenvalue weighted by Crippen LogP contribution is -2.59. The fourth-order valence-corrected chi connectivity index (χ4v) is 4.82. The molecule has 0 aliphatic carbocycles. The number of ether oxygens (including phenoxy) is 1. The first-order chi connectivity index (χ1) is 9.79. The van der Waals surface area contributed by atoms with Gasteiger partial charge in [0.25, 0.3) is 0 Å². The number of benzene rings is 1. The summed E-state index contributed by atoms with van der Waals surface area (Å²) in [5.74, 6) is 0. The molecule has 1 aromatic carbocycles. The number of fused-ring (bicyclic) bond motifs is 2. The maximum absolute atomic E-state index is 11.2. The number of aliphatic hydroxyl groups is 1. The summed E-state index contributed by atoms with van der Waals surface area (Å²) in [4.78, 5) is 2.38. The maximum Gasteiger partial charge on any atom is 0.0928 e. The summed E-state index contributed by atoms with van der Waals surface area (Å²) in [6.07, 6.45) is 1.54. The van der Waals surface area contributed by atoms with E-state index in [2.05, 4.69) is 55.9 Å². The summed E-state index contributed by atoms with van der Waals surface area (Å²) in [7, 11) is 0.885. The van der Waals surface area contributed by atoms with E-state index in [0.717, 1.165) is 31.6 Å². The van der Waals surface area contributed by atoms with Gasteiger partial charge in [-0.3, -0.25) is 4.90 Å². The summed E-state index contributed by atoms with van der Waals surface area (Å²) in [5.41, 5.74) is 0.387. The lowest BCUT2D eigenvalue weighted by Gasteiger charge is -2.50. The predicted octanol–water partition coefficient (Wildman–Crippen LogP) is 1.91. The van der Waals surface area contributed by atoms with Gasteiger partial charge in [-0.15, -0.1) is 0 Å². The van der Waals surface area contributed by atoms with Gasteiger partial charge >= 0.3 is 0 Å². The highest BCUT2D eigenvalue weighted by atomic mass is 28.3. The van der Waals surface area contributed by atoms with Gasteiger partial charge in [-0.2, -0.15) is 0 Å². The minimum absolute atomic E-state index is 0.333. The second-order valence-corrected chi connectivity index (χ2v) is 12.9. The minimum atomic E-state index is -1.27. The van der Waals surface area contributed by atoms with Crippen LogP contribution in [0, 0.1) is 0 Å². The number of likely N-dealkylation sites (N-methyl/N-ethyl adjacent to an activating group) is 1. The summed E-state index contributed by atoms with van der Waals surface area (Å²) in [6, 6.07) is 9.41. The van der Waals surface area contributed by atoms with Gasteiger partial charge in [0.1, 0.15) is 0 Å². The predicted molar refractivity (Wildman–Crippen MR) is 88.7 cm³/mol. The van der Waals surface area contributed by atoms with E-state index in [1.54, 1.807) is 0 Å². The van der Waals surface area contributed by atoms with Gasteiger partial charge in [-0.05, 0) is 25.5 Å². The molecular formula is C17H27NO2Si. The molecule has 2 bridgehead atoms. The highest BCUT2D eigenvalue weighted by Gasteiger charge is 2.45. The highest BCUT2D eigenvalue weighted by Crippen LogP contribution is 2.40. The van der Waals surface area contributed by atoms with Gasteiger partial charge in [0, 0.05) is 12.1 Å². The lowest BCUT2D eigenvalue weighted by atomic mass is 9.77. The summed E-state index contributed by atoms with van der Waals surface area (Å²) >= 11 is 0. The Balaban J connectivity index is 1.86. The zero-order valence-electron chi connectivity index (χ0n) is 13.6. The van der Waals surface area contributed by atoms with E-state index in [-0.39, 0.29) is 0 Å². The van der Waals surface area contributed by atoms with Crippen LogP contribution in [0.1, 0.15) is 18.4 Å². The van der Waals surface area contributed by atoms with Crippen molar-refractivity contribution in [2.45, 2.75) is 50.2 Å². The molecule has 3 rings (SSSR count). The van der Waals surface area contributed by atoms with Crippen LogP contribution >= 0.6 is 0 Å². The summed E-state index contributed by atoms with van der Waals surface area (Å²) in [5, 5.41) is 12.6. The molecular weight excluding hydrogens is 278 g/mol. The van der Waals surface area contributed by atoms with Crippen LogP contribution in [0.15, 0.2) is 24.3 Å².